The molecule has 0 aliphatic rings. The number of aromatic amines is 1. The number of para-hydroxylation sites is 1. The molecule has 0 aliphatic heterocycles. The van der Waals surface area contributed by atoms with Crippen molar-refractivity contribution in [3.63, 3.8) is 0 Å². The second kappa shape index (κ2) is 6.92. The van der Waals surface area contributed by atoms with Crippen LogP contribution in [-0.4, -0.2) is 27.7 Å². The van der Waals surface area contributed by atoms with Crippen LogP contribution in [-0.2, 0) is 11.0 Å². The fourth-order valence-corrected chi connectivity index (χ4v) is 1.58. The smallest absolute Gasteiger partial charge is 0.451 e. The number of nitrogens with one attached hydrogen (secondary N) is 2. The van der Waals surface area contributed by atoms with Gasteiger partial charge in [0.15, 0.2) is 0 Å². The van der Waals surface area contributed by atoms with Gasteiger partial charge in [0.2, 0.25) is 17.7 Å². The summed E-state index contributed by atoms with van der Waals surface area (Å²) < 4.78 is 42.2. The van der Waals surface area contributed by atoms with E-state index in [0.717, 1.165) is 0 Å². The van der Waals surface area contributed by atoms with Crippen molar-refractivity contribution >= 4 is 11.9 Å². The Morgan fingerprint density at radius 3 is 2.59 bits per heavy atom. The lowest BCUT2D eigenvalue weighted by atomic mass is 10.3. The molecule has 2 N–H and O–H groups in total. The third-order valence-electron chi connectivity index (χ3n) is 2.57. The van der Waals surface area contributed by atoms with E-state index in [2.05, 4.69) is 15.5 Å². The van der Waals surface area contributed by atoms with Gasteiger partial charge in [0.05, 0.1) is 6.61 Å². The molecule has 22 heavy (non-hydrogen) atoms. The summed E-state index contributed by atoms with van der Waals surface area (Å²) in [5.41, 5.74) is 0. The van der Waals surface area contributed by atoms with Crippen LogP contribution in [0.4, 0.5) is 19.1 Å². The van der Waals surface area contributed by atoms with Crippen LogP contribution in [0.3, 0.4) is 0 Å². The van der Waals surface area contributed by atoms with Crippen molar-refractivity contribution in [2.24, 2.45) is 0 Å². The summed E-state index contributed by atoms with van der Waals surface area (Å²) in [6.45, 7) is 0.321. The number of rotatable bonds is 6. The van der Waals surface area contributed by atoms with E-state index in [4.69, 9.17) is 4.74 Å². The average Bonchev–Trinajstić information content (AvgIpc) is 2.93. The lowest BCUT2D eigenvalue weighted by Crippen LogP contribution is -2.14. The SMILES string of the molecule is O=C(CCCOc1ccccc1)Nc1nnc(C(F)(F)F)[nH]1. The number of H-pyrrole nitrogens is 1. The van der Waals surface area contributed by atoms with Crippen LogP contribution in [0.15, 0.2) is 30.3 Å². The fraction of sp³-hybridized carbons (Fsp3) is 0.308. The number of aromatic nitrogens is 3. The highest BCUT2D eigenvalue weighted by atomic mass is 19.4. The maximum atomic E-state index is 12.3. The minimum atomic E-state index is -4.63. The summed E-state index contributed by atoms with van der Waals surface area (Å²) >= 11 is 0. The van der Waals surface area contributed by atoms with Crippen LogP contribution in [0.5, 0.6) is 5.75 Å². The summed E-state index contributed by atoms with van der Waals surface area (Å²) in [6.07, 6.45) is -4.12. The van der Waals surface area contributed by atoms with Gasteiger partial charge in [0.25, 0.3) is 0 Å². The third kappa shape index (κ3) is 4.76. The van der Waals surface area contributed by atoms with Gasteiger partial charge in [-0.05, 0) is 18.6 Å². The first kappa shape index (κ1) is 15.8. The van der Waals surface area contributed by atoms with E-state index < -0.39 is 17.9 Å². The molecule has 0 saturated heterocycles. The van der Waals surface area contributed by atoms with Crippen molar-refractivity contribution in [2.45, 2.75) is 19.0 Å². The van der Waals surface area contributed by atoms with Gasteiger partial charge in [-0.25, -0.2) is 0 Å². The van der Waals surface area contributed by atoms with E-state index >= 15 is 0 Å². The molecule has 1 amide bonds. The van der Waals surface area contributed by atoms with Gasteiger partial charge in [0, 0.05) is 6.42 Å². The van der Waals surface area contributed by atoms with Crippen LogP contribution in [0, 0.1) is 0 Å². The summed E-state index contributed by atoms with van der Waals surface area (Å²) in [5.74, 6) is -1.37. The van der Waals surface area contributed by atoms with Crippen molar-refractivity contribution in [1.82, 2.24) is 15.2 Å². The lowest BCUT2D eigenvalue weighted by Gasteiger charge is -2.05. The van der Waals surface area contributed by atoms with Crippen molar-refractivity contribution in [3.05, 3.63) is 36.2 Å². The minimum Gasteiger partial charge on any atom is -0.494 e. The monoisotopic (exact) mass is 314 g/mol. The van der Waals surface area contributed by atoms with E-state index in [0.29, 0.717) is 18.8 Å². The van der Waals surface area contributed by atoms with Gasteiger partial charge >= 0.3 is 6.18 Å². The Labute approximate surface area is 123 Å². The molecule has 0 atom stereocenters. The van der Waals surface area contributed by atoms with Crippen molar-refractivity contribution < 1.29 is 22.7 Å². The summed E-state index contributed by atoms with van der Waals surface area (Å²) in [4.78, 5) is 13.4. The average molecular weight is 314 g/mol. The van der Waals surface area contributed by atoms with E-state index in [1.54, 1.807) is 12.1 Å². The second-order valence-electron chi connectivity index (χ2n) is 4.33. The van der Waals surface area contributed by atoms with Crippen LogP contribution >= 0.6 is 0 Å². The van der Waals surface area contributed by atoms with Gasteiger partial charge in [-0.3, -0.25) is 10.1 Å². The molecular formula is C13H13F3N4O2. The van der Waals surface area contributed by atoms with Crippen LogP contribution in [0.1, 0.15) is 18.7 Å². The van der Waals surface area contributed by atoms with Gasteiger partial charge in [-0.15, -0.1) is 10.2 Å². The highest BCUT2D eigenvalue weighted by Gasteiger charge is 2.35. The van der Waals surface area contributed by atoms with E-state index in [9.17, 15) is 18.0 Å². The summed E-state index contributed by atoms with van der Waals surface area (Å²) in [5, 5.41) is 8.33. The van der Waals surface area contributed by atoms with Crippen LogP contribution in [0.25, 0.3) is 0 Å². The number of hydrogen-bond acceptors (Lipinski definition) is 4. The second-order valence-corrected chi connectivity index (χ2v) is 4.33. The van der Waals surface area contributed by atoms with E-state index in [-0.39, 0.29) is 12.4 Å². The number of hydrogen-bond donors (Lipinski definition) is 2. The molecule has 0 spiro atoms. The molecule has 0 radical (unpaired) electrons. The Hall–Kier alpha value is -2.58. The fourth-order valence-electron chi connectivity index (χ4n) is 1.58. The van der Waals surface area contributed by atoms with Crippen LogP contribution in [0.2, 0.25) is 0 Å². The Bertz CT molecular complexity index is 613. The zero-order chi connectivity index (χ0) is 16.0. The van der Waals surface area contributed by atoms with Gasteiger partial charge in [0.1, 0.15) is 5.75 Å². The molecule has 2 rings (SSSR count). The van der Waals surface area contributed by atoms with Crippen molar-refractivity contribution in [1.29, 1.82) is 0 Å². The Balaban J connectivity index is 1.71. The minimum absolute atomic E-state index is 0.0921. The first-order valence-electron chi connectivity index (χ1n) is 6.43. The molecule has 0 bridgehead atoms. The Kier molecular flexibility index (Phi) is 4.97. The van der Waals surface area contributed by atoms with Gasteiger partial charge in [-0.2, -0.15) is 13.2 Å². The first-order chi connectivity index (χ1) is 10.4. The van der Waals surface area contributed by atoms with Crippen molar-refractivity contribution in [3.8, 4) is 5.75 Å². The molecule has 0 unspecified atom stereocenters. The normalized spacial score (nSPS) is 11.2. The predicted octanol–water partition coefficient (Wildman–Crippen LogP) is 2.62. The highest BCUT2D eigenvalue weighted by Crippen LogP contribution is 2.26. The number of halogens is 3. The summed E-state index contributed by atoms with van der Waals surface area (Å²) in [7, 11) is 0. The number of ether oxygens (including phenoxy) is 1. The molecule has 1 heterocycles. The lowest BCUT2D eigenvalue weighted by molar-refractivity contribution is -0.144. The number of benzene rings is 1. The van der Waals surface area contributed by atoms with E-state index in [1.165, 1.54) is 0 Å². The largest absolute Gasteiger partial charge is 0.494 e. The Morgan fingerprint density at radius 2 is 1.95 bits per heavy atom. The van der Waals surface area contributed by atoms with Gasteiger partial charge in [-0.1, -0.05) is 18.2 Å². The zero-order valence-corrected chi connectivity index (χ0v) is 11.4. The first-order valence-corrected chi connectivity index (χ1v) is 6.43. The Morgan fingerprint density at radius 1 is 1.23 bits per heavy atom. The van der Waals surface area contributed by atoms with E-state index in [1.807, 2.05) is 23.2 Å². The molecule has 1 aromatic carbocycles. The molecule has 1 aromatic heterocycles. The highest BCUT2D eigenvalue weighted by molar-refractivity contribution is 5.88. The molecular weight excluding hydrogens is 301 g/mol. The number of amides is 1. The molecule has 2 aromatic rings. The molecule has 6 nitrogen and oxygen atoms in total. The number of alkyl halides is 3. The molecule has 0 fully saturated rings. The quantitative estimate of drug-likeness (QED) is 0.803. The molecule has 9 heteroatoms. The maximum Gasteiger partial charge on any atom is 0.451 e. The molecule has 0 saturated carbocycles. The predicted molar refractivity (Wildman–Crippen MR) is 71.2 cm³/mol. The maximum absolute atomic E-state index is 12.3. The number of nitrogens with zero attached hydrogens (tertiary/aromatic N) is 2. The summed E-state index contributed by atoms with van der Waals surface area (Å²) in [6, 6.07) is 9.07. The van der Waals surface area contributed by atoms with Crippen LogP contribution < -0.4 is 10.1 Å². The topological polar surface area (TPSA) is 79.9 Å². The van der Waals surface area contributed by atoms with Gasteiger partial charge < -0.3 is 9.72 Å². The third-order valence-corrected chi connectivity index (χ3v) is 2.57. The zero-order valence-electron chi connectivity index (χ0n) is 11.4. The van der Waals surface area contributed by atoms with Crippen molar-refractivity contribution in [2.75, 3.05) is 11.9 Å². The number of anilines is 1. The standard InChI is InChI=1S/C13H13F3N4O2/c14-13(15,16)11-18-12(20-19-11)17-10(21)7-4-8-22-9-5-2-1-3-6-9/h1-3,5-6H,4,7-8H2,(H2,17,18,19,20,21). The molecule has 118 valence electrons. The molecule has 0 aliphatic carbocycles. The number of carbonyl (C=O) groups is 1. The number of carbonyl (C=O) groups excluding carboxylic acids is 1.